The summed E-state index contributed by atoms with van der Waals surface area (Å²) in [6.07, 6.45) is 5.79. The zero-order chi connectivity index (χ0) is 17.1. The molecule has 23 heavy (non-hydrogen) atoms. The topological polar surface area (TPSA) is 27.7 Å². The molecule has 0 spiro atoms. The van der Waals surface area contributed by atoms with Gasteiger partial charge in [-0.1, -0.05) is 25.1 Å². The molecule has 0 aliphatic carbocycles. The van der Waals surface area contributed by atoms with Crippen LogP contribution in [0, 0.1) is 0 Å². The van der Waals surface area contributed by atoms with Crippen molar-refractivity contribution >= 4 is 11.1 Å². The van der Waals surface area contributed by atoms with Gasteiger partial charge in [-0.3, -0.25) is 0 Å². The van der Waals surface area contributed by atoms with Crippen molar-refractivity contribution in [2.75, 3.05) is 20.3 Å². The molecular weight excluding hydrogens is 288 g/mol. The molecule has 3 heteroatoms. The van der Waals surface area contributed by atoms with E-state index in [9.17, 15) is 0 Å². The van der Waals surface area contributed by atoms with Gasteiger partial charge in [0.05, 0.1) is 31.8 Å². The number of benzene rings is 1. The summed E-state index contributed by atoms with van der Waals surface area (Å²) in [4.78, 5) is 0. The van der Waals surface area contributed by atoms with Gasteiger partial charge >= 0.3 is 0 Å². The van der Waals surface area contributed by atoms with E-state index in [0.717, 1.165) is 36.2 Å². The Hall–Kier alpha value is -1.74. The normalized spacial score (nSPS) is 13.8. The maximum absolute atomic E-state index is 5.62. The van der Waals surface area contributed by atoms with E-state index >= 15 is 0 Å². The van der Waals surface area contributed by atoms with Crippen LogP contribution in [0.15, 0.2) is 36.8 Å². The van der Waals surface area contributed by atoms with Crippen LogP contribution in [-0.2, 0) is 14.2 Å². The smallest absolute Gasteiger partial charge is 0.0898 e. The summed E-state index contributed by atoms with van der Waals surface area (Å²) in [5, 5.41) is 0. The maximum Gasteiger partial charge on any atom is 0.0898 e. The summed E-state index contributed by atoms with van der Waals surface area (Å²) in [6.45, 7) is 9.69. The van der Waals surface area contributed by atoms with Gasteiger partial charge in [0.2, 0.25) is 0 Å². The largest absolute Gasteiger partial charge is 0.501 e. The van der Waals surface area contributed by atoms with Gasteiger partial charge < -0.3 is 14.2 Å². The fourth-order valence-corrected chi connectivity index (χ4v) is 1.98. The van der Waals surface area contributed by atoms with Crippen LogP contribution in [0.5, 0.6) is 0 Å². The summed E-state index contributed by atoms with van der Waals surface area (Å²) >= 11 is 0. The molecule has 0 amide bonds. The Morgan fingerprint density at radius 1 is 1.04 bits per heavy atom. The molecule has 0 aliphatic rings. The van der Waals surface area contributed by atoms with Gasteiger partial charge in [-0.2, -0.15) is 0 Å². The minimum atomic E-state index is 0.225. The van der Waals surface area contributed by atoms with Gasteiger partial charge in [-0.05, 0) is 55.5 Å². The molecular formula is C20H30O3. The Morgan fingerprint density at radius 2 is 1.61 bits per heavy atom. The van der Waals surface area contributed by atoms with Gasteiger partial charge in [0.15, 0.2) is 0 Å². The Kier molecular flexibility index (Phi) is 9.15. The van der Waals surface area contributed by atoms with E-state index in [1.54, 1.807) is 7.11 Å². The number of rotatable bonds is 10. The van der Waals surface area contributed by atoms with E-state index in [0.29, 0.717) is 6.61 Å². The van der Waals surface area contributed by atoms with Crippen LogP contribution in [0.25, 0.3) is 11.1 Å². The molecule has 0 fully saturated rings. The third kappa shape index (κ3) is 7.38. The highest BCUT2D eigenvalue weighted by Crippen LogP contribution is 2.20. The van der Waals surface area contributed by atoms with E-state index in [-0.39, 0.29) is 6.10 Å². The molecule has 0 aliphatic heterocycles. The third-order valence-electron chi connectivity index (χ3n) is 3.66. The number of methoxy groups -OCH3 is 1. The van der Waals surface area contributed by atoms with Crippen molar-refractivity contribution in [2.45, 2.75) is 46.6 Å². The van der Waals surface area contributed by atoms with Gasteiger partial charge in [-0.15, -0.1) is 0 Å². The lowest BCUT2D eigenvalue weighted by atomic mass is 10.0. The first-order valence-electron chi connectivity index (χ1n) is 8.28. The predicted molar refractivity (Wildman–Crippen MR) is 97.0 cm³/mol. The molecule has 0 heterocycles. The van der Waals surface area contributed by atoms with Crippen LogP contribution in [0.3, 0.4) is 0 Å². The van der Waals surface area contributed by atoms with Crippen LogP contribution in [0.1, 0.15) is 51.7 Å². The first-order chi connectivity index (χ1) is 11.1. The first kappa shape index (κ1) is 19.3. The Balaban J connectivity index is 2.66. The Morgan fingerprint density at radius 3 is 2.13 bits per heavy atom. The van der Waals surface area contributed by atoms with Crippen LogP contribution >= 0.6 is 0 Å². The van der Waals surface area contributed by atoms with E-state index < -0.39 is 0 Å². The second-order valence-corrected chi connectivity index (χ2v) is 5.76. The molecule has 0 bridgehead atoms. The summed E-state index contributed by atoms with van der Waals surface area (Å²) in [5.41, 5.74) is 4.56. The first-order valence-corrected chi connectivity index (χ1v) is 8.28. The molecule has 0 saturated carbocycles. The second kappa shape index (κ2) is 10.9. The molecule has 1 aromatic carbocycles. The van der Waals surface area contributed by atoms with Crippen LogP contribution in [0.4, 0.5) is 0 Å². The van der Waals surface area contributed by atoms with Gasteiger partial charge in [0.25, 0.3) is 0 Å². The van der Waals surface area contributed by atoms with Crippen LogP contribution < -0.4 is 0 Å². The van der Waals surface area contributed by atoms with Crippen molar-refractivity contribution in [3.05, 3.63) is 47.9 Å². The van der Waals surface area contributed by atoms with Gasteiger partial charge in [-0.25, -0.2) is 0 Å². The van der Waals surface area contributed by atoms with E-state index in [4.69, 9.17) is 14.2 Å². The van der Waals surface area contributed by atoms with Gasteiger partial charge in [0.1, 0.15) is 0 Å². The van der Waals surface area contributed by atoms with Crippen molar-refractivity contribution in [3.8, 4) is 0 Å². The zero-order valence-corrected chi connectivity index (χ0v) is 15.1. The fraction of sp³-hybridized carbons (Fsp3) is 0.500. The summed E-state index contributed by atoms with van der Waals surface area (Å²) in [7, 11) is 1.72. The highest BCUT2D eigenvalue weighted by molar-refractivity contribution is 5.70. The quantitative estimate of drug-likeness (QED) is 0.434. The van der Waals surface area contributed by atoms with Crippen LogP contribution in [-0.4, -0.2) is 26.4 Å². The molecule has 0 saturated heterocycles. The van der Waals surface area contributed by atoms with Crippen molar-refractivity contribution in [1.29, 1.82) is 0 Å². The Labute approximate surface area is 141 Å². The van der Waals surface area contributed by atoms with Gasteiger partial charge in [0, 0.05) is 13.5 Å². The SMILES string of the molecule is CCCOC=C(C)c1cccc(C(C)=COCCC(C)OC)c1. The Bertz CT molecular complexity index is 517. The lowest BCUT2D eigenvalue weighted by Gasteiger charge is -2.10. The number of hydrogen-bond donors (Lipinski definition) is 0. The van der Waals surface area contributed by atoms with Crippen LogP contribution in [0.2, 0.25) is 0 Å². The highest BCUT2D eigenvalue weighted by Gasteiger charge is 2.02. The van der Waals surface area contributed by atoms with Crippen molar-refractivity contribution in [3.63, 3.8) is 0 Å². The summed E-state index contributed by atoms with van der Waals surface area (Å²) < 4.78 is 16.3. The van der Waals surface area contributed by atoms with E-state index in [1.165, 1.54) is 5.56 Å². The molecule has 0 aromatic heterocycles. The highest BCUT2D eigenvalue weighted by atomic mass is 16.5. The standard InChI is InChI=1S/C20H30O3/c1-6-11-22-14-16(2)19-8-7-9-20(13-19)17(3)15-23-12-10-18(4)21-5/h7-9,13-15,18H,6,10-12H2,1-5H3. The van der Waals surface area contributed by atoms with Crippen molar-refractivity contribution in [1.82, 2.24) is 0 Å². The average Bonchev–Trinajstić information content (AvgIpc) is 2.58. The lowest BCUT2D eigenvalue weighted by molar-refractivity contribution is 0.0877. The van der Waals surface area contributed by atoms with E-state index in [1.807, 2.05) is 19.4 Å². The molecule has 1 rings (SSSR count). The molecule has 128 valence electrons. The average molecular weight is 318 g/mol. The predicted octanol–water partition coefficient (Wildman–Crippen LogP) is 5.28. The summed E-state index contributed by atoms with van der Waals surface area (Å²) in [5.74, 6) is 0. The third-order valence-corrected chi connectivity index (χ3v) is 3.66. The molecule has 0 radical (unpaired) electrons. The minimum Gasteiger partial charge on any atom is -0.501 e. The minimum absolute atomic E-state index is 0.225. The fourth-order valence-electron chi connectivity index (χ4n) is 1.98. The maximum atomic E-state index is 5.62. The molecule has 0 N–H and O–H groups in total. The van der Waals surface area contributed by atoms with E-state index in [2.05, 4.69) is 45.0 Å². The van der Waals surface area contributed by atoms with Crippen molar-refractivity contribution in [2.24, 2.45) is 0 Å². The van der Waals surface area contributed by atoms with Crippen molar-refractivity contribution < 1.29 is 14.2 Å². The summed E-state index contributed by atoms with van der Waals surface area (Å²) in [6, 6.07) is 8.41. The number of ether oxygens (including phenoxy) is 3. The second-order valence-electron chi connectivity index (χ2n) is 5.76. The molecule has 3 nitrogen and oxygen atoms in total. The number of allylic oxidation sites excluding steroid dienone is 2. The monoisotopic (exact) mass is 318 g/mol. The molecule has 1 atom stereocenters. The number of hydrogen-bond acceptors (Lipinski definition) is 3. The molecule has 1 unspecified atom stereocenters. The molecule has 1 aromatic rings. The lowest BCUT2D eigenvalue weighted by Crippen LogP contribution is -2.07. The zero-order valence-electron chi connectivity index (χ0n) is 15.1.